The Morgan fingerprint density at radius 2 is 1.66 bits per heavy atom. The Hall–Kier alpha value is -4.66. The molecule has 0 aliphatic carbocycles. The Morgan fingerprint density at radius 3 is 2.29 bits per heavy atom. The first-order chi connectivity index (χ1) is 18.3. The molecule has 3 amide bonds. The second-order valence-electron chi connectivity index (χ2n) is 8.83. The molecule has 9 heteroatoms. The Balaban J connectivity index is 1.52. The van der Waals surface area contributed by atoms with E-state index in [1.807, 2.05) is 51.1 Å². The monoisotopic (exact) mass is 515 g/mol. The number of nitrogens with zero attached hydrogens (tertiary/aromatic N) is 3. The van der Waals surface area contributed by atoms with Crippen LogP contribution in [0.3, 0.4) is 0 Å². The second-order valence-corrected chi connectivity index (χ2v) is 8.83. The largest absolute Gasteiger partial charge is 0.494 e. The summed E-state index contributed by atoms with van der Waals surface area (Å²) in [4.78, 5) is 27.6. The number of anilines is 2. The summed E-state index contributed by atoms with van der Waals surface area (Å²) in [5.74, 6) is 0.332. The second kappa shape index (κ2) is 12.1. The molecule has 3 aromatic carbocycles. The molecule has 38 heavy (non-hydrogen) atoms. The number of rotatable bonds is 9. The zero-order chi connectivity index (χ0) is 27.1. The van der Waals surface area contributed by atoms with Crippen molar-refractivity contribution in [1.29, 1.82) is 0 Å². The highest BCUT2D eigenvalue weighted by molar-refractivity contribution is 5.97. The van der Waals surface area contributed by atoms with Crippen LogP contribution in [0.1, 0.15) is 20.8 Å². The van der Waals surface area contributed by atoms with Gasteiger partial charge < -0.3 is 20.3 Å². The van der Waals surface area contributed by atoms with Crippen molar-refractivity contribution < 1.29 is 18.7 Å². The zero-order valence-corrected chi connectivity index (χ0v) is 21.5. The third-order valence-corrected chi connectivity index (χ3v) is 5.73. The number of halogens is 1. The van der Waals surface area contributed by atoms with E-state index in [1.165, 1.54) is 17.0 Å². The first kappa shape index (κ1) is 26.4. The number of ether oxygens (including phenoxy) is 1. The summed E-state index contributed by atoms with van der Waals surface area (Å²) in [5.41, 5.74) is 2.67. The summed E-state index contributed by atoms with van der Waals surface area (Å²) < 4.78 is 20.5. The maximum atomic E-state index is 13.5. The fourth-order valence-corrected chi connectivity index (χ4v) is 3.82. The number of urea groups is 1. The zero-order valence-electron chi connectivity index (χ0n) is 21.5. The molecule has 1 heterocycles. The van der Waals surface area contributed by atoms with Crippen molar-refractivity contribution in [2.45, 2.75) is 26.8 Å². The molecule has 0 unspecified atom stereocenters. The molecule has 0 aliphatic heterocycles. The summed E-state index contributed by atoms with van der Waals surface area (Å²) in [6.07, 6.45) is 0. The molecule has 196 valence electrons. The van der Waals surface area contributed by atoms with Crippen molar-refractivity contribution in [2.75, 3.05) is 23.8 Å². The number of nitrogens with one attached hydrogen (secondary N) is 2. The predicted molar refractivity (Wildman–Crippen MR) is 146 cm³/mol. The van der Waals surface area contributed by atoms with E-state index in [0.717, 1.165) is 5.56 Å². The maximum Gasteiger partial charge on any atom is 0.322 e. The fraction of sp³-hybridized carbons (Fsp3) is 0.207. The van der Waals surface area contributed by atoms with Crippen LogP contribution in [0, 0.1) is 5.82 Å². The van der Waals surface area contributed by atoms with Gasteiger partial charge in [0.1, 0.15) is 23.9 Å². The summed E-state index contributed by atoms with van der Waals surface area (Å²) in [6.45, 7) is 5.93. The average molecular weight is 516 g/mol. The van der Waals surface area contributed by atoms with Crippen LogP contribution in [0.15, 0.2) is 84.9 Å². The summed E-state index contributed by atoms with van der Waals surface area (Å²) in [5, 5.41) is 10.3. The Morgan fingerprint density at radius 1 is 0.974 bits per heavy atom. The van der Waals surface area contributed by atoms with Gasteiger partial charge in [0.15, 0.2) is 0 Å². The van der Waals surface area contributed by atoms with Gasteiger partial charge >= 0.3 is 6.03 Å². The third kappa shape index (κ3) is 6.56. The van der Waals surface area contributed by atoms with Gasteiger partial charge in [0.2, 0.25) is 5.91 Å². The Bertz CT molecular complexity index is 1370. The number of hydrogen-bond donors (Lipinski definition) is 2. The quantitative estimate of drug-likeness (QED) is 0.288. The van der Waals surface area contributed by atoms with Gasteiger partial charge in [0.25, 0.3) is 0 Å². The van der Waals surface area contributed by atoms with Gasteiger partial charge in [-0.15, -0.1) is 0 Å². The number of amides is 3. The molecule has 4 aromatic rings. The van der Waals surface area contributed by atoms with Gasteiger partial charge in [0.05, 0.1) is 18.0 Å². The first-order valence-corrected chi connectivity index (χ1v) is 12.4. The minimum absolute atomic E-state index is 0.185. The first-order valence-electron chi connectivity index (χ1n) is 12.4. The maximum absolute atomic E-state index is 13.5. The van der Waals surface area contributed by atoms with Crippen LogP contribution in [-0.4, -0.2) is 45.8 Å². The van der Waals surface area contributed by atoms with Gasteiger partial charge in [-0.05, 0) is 69.3 Å². The van der Waals surface area contributed by atoms with E-state index in [2.05, 4.69) is 15.7 Å². The van der Waals surface area contributed by atoms with E-state index < -0.39 is 11.9 Å². The third-order valence-electron chi connectivity index (χ3n) is 5.73. The van der Waals surface area contributed by atoms with Gasteiger partial charge in [-0.25, -0.2) is 13.9 Å². The van der Waals surface area contributed by atoms with Crippen LogP contribution in [0.25, 0.3) is 16.9 Å². The lowest BCUT2D eigenvalue weighted by Crippen LogP contribution is -2.44. The number of benzene rings is 3. The van der Waals surface area contributed by atoms with Gasteiger partial charge in [-0.3, -0.25) is 4.79 Å². The lowest BCUT2D eigenvalue weighted by Gasteiger charge is -2.26. The normalized spacial score (nSPS) is 10.8. The van der Waals surface area contributed by atoms with E-state index >= 15 is 0 Å². The molecule has 0 bridgehead atoms. The van der Waals surface area contributed by atoms with Crippen molar-refractivity contribution in [2.24, 2.45) is 0 Å². The predicted octanol–water partition coefficient (Wildman–Crippen LogP) is 5.96. The highest BCUT2D eigenvalue weighted by atomic mass is 19.1. The van der Waals surface area contributed by atoms with Crippen LogP contribution >= 0.6 is 0 Å². The molecule has 0 spiro atoms. The van der Waals surface area contributed by atoms with Crippen molar-refractivity contribution in [3.8, 4) is 22.7 Å². The molecule has 8 nitrogen and oxygen atoms in total. The van der Waals surface area contributed by atoms with Crippen LogP contribution in [-0.2, 0) is 4.79 Å². The molecule has 0 atom stereocenters. The molecule has 0 fully saturated rings. The van der Waals surface area contributed by atoms with E-state index in [4.69, 9.17) is 4.74 Å². The molecule has 4 rings (SSSR count). The van der Waals surface area contributed by atoms with Crippen molar-refractivity contribution in [3.05, 3.63) is 90.7 Å². The summed E-state index contributed by atoms with van der Waals surface area (Å²) >= 11 is 0. The Kier molecular flexibility index (Phi) is 8.37. The lowest BCUT2D eigenvalue weighted by molar-refractivity contribution is -0.117. The molecule has 0 saturated carbocycles. The topological polar surface area (TPSA) is 88.5 Å². The van der Waals surface area contributed by atoms with E-state index in [9.17, 15) is 14.0 Å². The number of hydrogen-bond acceptors (Lipinski definition) is 4. The standard InChI is InChI=1S/C29H30FN5O3/c1-4-38-25-16-12-23(13-17-25)31-29(37)34(20(2)3)19-28(36)32-27-18-26(21-8-6-5-7-9-21)33-35(27)24-14-10-22(30)11-15-24/h5-18,20H,4,19H2,1-3H3,(H,31,37)(H,32,36). The molecule has 0 saturated heterocycles. The molecule has 0 aliphatic rings. The SMILES string of the molecule is CCOc1ccc(NC(=O)N(CC(=O)Nc2cc(-c3ccccc3)nn2-c2ccc(F)cc2)C(C)C)cc1. The minimum Gasteiger partial charge on any atom is -0.494 e. The average Bonchev–Trinajstić information content (AvgIpc) is 3.33. The summed E-state index contributed by atoms with van der Waals surface area (Å²) in [7, 11) is 0. The van der Waals surface area contributed by atoms with Crippen LogP contribution < -0.4 is 15.4 Å². The number of carbonyl (C=O) groups is 2. The molecular weight excluding hydrogens is 485 g/mol. The molecule has 2 N–H and O–H groups in total. The van der Waals surface area contributed by atoms with E-state index in [1.54, 1.807) is 47.1 Å². The molecule has 0 radical (unpaired) electrons. The highest BCUT2D eigenvalue weighted by Gasteiger charge is 2.22. The van der Waals surface area contributed by atoms with Gasteiger partial charge in [-0.1, -0.05) is 30.3 Å². The van der Waals surface area contributed by atoms with E-state index in [0.29, 0.717) is 35.2 Å². The van der Waals surface area contributed by atoms with Crippen molar-refractivity contribution >= 4 is 23.4 Å². The Labute approximate surface area is 221 Å². The van der Waals surface area contributed by atoms with Crippen LogP contribution in [0.2, 0.25) is 0 Å². The van der Waals surface area contributed by atoms with E-state index in [-0.39, 0.29) is 18.4 Å². The van der Waals surface area contributed by atoms with Gasteiger partial charge in [-0.2, -0.15) is 5.10 Å². The molecule has 1 aromatic heterocycles. The highest BCUT2D eigenvalue weighted by Crippen LogP contribution is 2.25. The van der Waals surface area contributed by atoms with Crippen LogP contribution in [0.4, 0.5) is 20.7 Å². The minimum atomic E-state index is -0.406. The number of aromatic nitrogens is 2. The van der Waals surface area contributed by atoms with Crippen molar-refractivity contribution in [1.82, 2.24) is 14.7 Å². The smallest absolute Gasteiger partial charge is 0.322 e. The fourth-order valence-electron chi connectivity index (χ4n) is 3.82. The van der Waals surface area contributed by atoms with Crippen molar-refractivity contribution in [3.63, 3.8) is 0 Å². The summed E-state index contributed by atoms with van der Waals surface area (Å²) in [6, 6.07) is 23.5. The number of carbonyl (C=O) groups excluding carboxylic acids is 2. The lowest BCUT2D eigenvalue weighted by atomic mass is 10.1. The van der Waals surface area contributed by atoms with Gasteiger partial charge in [0, 0.05) is 23.4 Å². The van der Waals surface area contributed by atoms with Crippen LogP contribution in [0.5, 0.6) is 5.75 Å². The molecular formula is C29H30FN5O3.